The Balaban J connectivity index is 2.72. The van der Waals surface area contributed by atoms with Gasteiger partial charge in [0.25, 0.3) is 0 Å². The Hall–Kier alpha value is -1.35. The second-order valence-electron chi connectivity index (χ2n) is 4.76. The molecule has 0 aliphatic heterocycles. The quantitative estimate of drug-likeness (QED) is 0.730. The molecule has 1 rings (SSSR count). The molecule has 0 spiro atoms. The van der Waals surface area contributed by atoms with Gasteiger partial charge in [0.15, 0.2) is 0 Å². The zero-order chi connectivity index (χ0) is 14.1. The van der Waals surface area contributed by atoms with Gasteiger partial charge in [-0.1, -0.05) is 57.0 Å². The van der Waals surface area contributed by atoms with Crippen LogP contribution in [-0.2, 0) is 9.53 Å². The van der Waals surface area contributed by atoms with E-state index in [1.165, 1.54) is 12.7 Å². The molecule has 106 valence electrons. The van der Waals surface area contributed by atoms with Crippen LogP contribution >= 0.6 is 0 Å². The molecule has 19 heavy (non-hydrogen) atoms. The summed E-state index contributed by atoms with van der Waals surface area (Å²) in [5, 5.41) is 3.43. The van der Waals surface area contributed by atoms with Crippen LogP contribution in [0.15, 0.2) is 30.3 Å². The van der Waals surface area contributed by atoms with Gasteiger partial charge < -0.3 is 4.74 Å². The number of hydrogen-bond acceptors (Lipinski definition) is 3. The Morgan fingerprint density at radius 2 is 1.95 bits per heavy atom. The first-order chi connectivity index (χ1) is 9.22. The summed E-state index contributed by atoms with van der Waals surface area (Å²) < 4.78 is 4.89. The average Bonchev–Trinajstić information content (AvgIpc) is 2.47. The van der Waals surface area contributed by atoms with Crippen LogP contribution in [0.1, 0.15) is 51.1 Å². The van der Waals surface area contributed by atoms with Crippen molar-refractivity contribution in [3.05, 3.63) is 35.9 Å². The molecule has 2 unspecified atom stereocenters. The highest BCUT2D eigenvalue weighted by atomic mass is 16.5. The molecular formula is C16H25NO2. The van der Waals surface area contributed by atoms with Crippen molar-refractivity contribution >= 4 is 5.97 Å². The first kappa shape index (κ1) is 15.7. The summed E-state index contributed by atoms with van der Waals surface area (Å²) >= 11 is 0. The lowest BCUT2D eigenvalue weighted by Gasteiger charge is -2.23. The molecule has 2 atom stereocenters. The van der Waals surface area contributed by atoms with Crippen molar-refractivity contribution in [2.45, 2.75) is 51.6 Å². The molecule has 0 bridgehead atoms. The molecule has 0 heterocycles. The summed E-state index contributed by atoms with van der Waals surface area (Å²) in [4.78, 5) is 11.8. The van der Waals surface area contributed by atoms with Crippen LogP contribution in [0.25, 0.3) is 0 Å². The summed E-state index contributed by atoms with van der Waals surface area (Å²) in [5.74, 6) is -0.164. The average molecular weight is 263 g/mol. The van der Waals surface area contributed by atoms with E-state index in [0.717, 1.165) is 25.7 Å². The third-order valence-electron chi connectivity index (χ3n) is 3.34. The fourth-order valence-corrected chi connectivity index (χ4v) is 2.20. The van der Waals surface area contributed by atoms with E-state index < -0.39 is 0 Å². The van der Waals surface area contributed by atoms with Crippen molar-refractivity contribution in [1.29, 1.82) is 0 Å². The number of benzene rings is 1. The first-order valence-corrected chi connectivity index (χ1v) is 7.11. The van der Waals surface area contributed by atoms with Gasteiger partial charge in [0, 0.05) is 6.04 Å². The molecule has 1 N–H and O–H groups in total. The first-order valence-electron chi connectivity index (χ1n) is 7.11. The normalized spacial score (nSPS) is 13.8. The summed E-state index contributed by atoms with van der Waals surface area (Å²) in [7, 11) is 1.45. The van der Waals surface area contributed by atoms with Gasteiger partial charge in [-0.15, -0.1) is 0 Å². The minimum Gasteiger partial charge on any atom is -0.468 e. The Kier molecular flexibility index (Phi) is 7.19. The van der Waals surface area contributed by atoms with Gasteiger partial charge in [0.1, 0.15) is 6.04 Å². The third-order valence-corrected chi connectivity index (χ3v) is 3.34. The number of methoxy groups -OCH3 is 1. The number of hydrogen-bond donors (Lipinski definition) is 1. The van der Waals surface area contributed by atoms with Crippen LogP contribution in [0.2, 0.25) is 0 Å². The second-order valence-corrected chi connectivity index (χ2v) is 4.76. The Morgan fingerprint density at radius 3 is 2.47 bits per heavy atom. The highest BCUT2D eigenvalue weighted by molar-refractivity contribution is 5.75. The van der Waals surface area contributed by atoms with Gasteiger partial charge in [-0.3, -0.25) is 10.1 Å². The van der Waals surface area contributed by atoms with Gasteiger partial charge in [-0.05, 0) is 18.4 Å². The van der Waals surface area contributed by atoms with Crippen molar-refractivity contribution < 1.29 is 9.53 Å². The van der Waals surface area contributed by atoms with Crippen molar-refractivity contribution in [2.75, 3.05) is 7.11 Å². The summed E-state index contributed by atoms with van der Waals surface area (Å²) in [5.41, 5.74) is 1.22. The molecule has 0 aliphatic carbocycles. The highest BCUT2D eigenvalue weighted by Crippen LogP contribution is 2.18. The minimum absolute atomic E-state index is 0.164. The summed E-state index contributed by atoms with van der Waals surface area (Å²) in [6.45, 7) is 4.25. The topological polar surface area (TPSA) is 38.3 Å². The lowest BCUT2D eigenvalue weighted by Crippen LogP contribution is -2.39. The minimum atomic E-state index is -0.213. The zero-order valence-corrected chi connectivity index (χ0v) is 12.2. The van der Waals surface area contributed by atoms with Gasteiger partial charge in [0.05, 0.1) is 7.11 Å². The largest absolute Gasteiger partial charge is 0.468 e. The Bertz CT molecular complexity index is 364. The van der Waals surface area contributed by atoms with Gasteiger partial charge in [-0.2, -0.15) is 0 Å². The summed E-state index contributed by atoms with van der Waals surface area (Å²) in [6.07, 6.45) is 3.88. The number of carbonyl (C=O) groups is 1. The van der Waals surface area contributed by atoms with Crippen molar-refractivity contribution in [2.24, 2.45) is 0 Å². The molecule has 3 heteroatoms. The molecular weight excluding hydrogens is 238 g/mol. The number of ether oxygens (including phenoxy) is 1. The van der Waals surface area contributed by atoms with E-state index in [9.17, 15) is 4.79 Å². The third kappa shape index (κ3) is 5.03. The lowest BCUT2D eigenvalue weighted by molar-refractivity contribution is -0.143. The van der Waals surface area contributed by atoms with Crippen LogP contribution < -0.4 is 5.32 Å². The molecule has 1 aromatic rings. The highest BCUT2D eigenvalue weighted by Gasteiger charge is 2.22. The molecule has 0 fully saturated rings. The van der Waals surface area contributed by atoms with Gasteiger partial charge >= 0.3 is 5.97 Å². The molecule has 0 radical (unpaired) electrons. The van der Waals surface area contributed by atoms with Crippen molar-refractivity contribution in [1.82, 2.24) is 5.32 Å². The van der Waals surface area contributed by atoms with E-state index in [2.05, 4.69) is 31.3 Å². The number of unbranched alkanes of at least 4 members (excludes halogenated alkanes) is 1. The molecule has 0 saturated heterocycles. The van der Waals surface area contributed by atoms with E-state index >= 15 is 0 Å². The molecule has 0 saturated carbocycles. The molecule has 0 aromatic heterocycles. The number of esters is 1. The van der Waals surface area contributed by atoms with E-state index in [4.69, 9.17) is 4.74 Å². The fourth-order valence-electron chi connectivity index (χ4n) is 2.20. The fraction of sp³-hybridized carbons (Fsp3) is 0.562. The van der Waals surface area contributed by atoms with Crippen LogP contribution in [0.5, 0.6) is 0 Å². The van der Waals surface area contributed by atoms with Gasteiger partial charge in [0.2, 0.25) is 0 Å². The number of nitrogens with one attached hydrogen (secondary N) is 1. The van der Waals surface area contributed by atoms with E-state index in [1.807, 2.05) is 18.2 Å². The van der Waals surface area contributed by atoms with E-state index in [-0.39, 0.29) is 18.1 Å². The zero-order valence-electron chi connectivity index (χ0n) is 12.2. The van der Waals surface area contributed by atoms with Crippen molar-refractivity contribution in [3.8, 4) is 0 Å². The Morgan fingerprint density at radius 1 is 1.26 bits per heavy atom. The van der Waals surface area contributed by atoms with E-state index in [0.29, 0.717) is 0 Å². The number of rotatable bonds is 8. The van der Waals surface area contributed by atoms with Crippen LogP contribution in [0, 0.1) is 0 Å². The molecule has 0 amide bonds. The van der Waals surface area contributed by atoms with Crippen LogP contribution in [0.3, 0.4) is 0 Å². The molecule has 3 nitrogen and oxygen atoms in total. The number of carbonyl (C=O) groups excluding carboxylic acids is 1. The van der Waals surface area contributed by atoms with Crippen LogP contribution in [0.4, 0.5) is 0 Å². The Labute approximate surface area is 116 Å². The second kappa shape index (κ2) is 8.70. The summed E-state index contributed by atoms with van der Waals surface area (Å²) in [6, 6.07) is 10.2. The maximum Gasteiger partial charge on any atom is 0.322 e. The monoisotopic (exact) mass is 263 g/mol. The van der Waals surface area contributed by atoms with Crippen LogP contribution in [-0.4, -0.2) is 19.1 Å². The SMILES string of the molecule is CCCCC(NC(CC)c1ccccc1)C(=O)OC. The lowest BCUT2D eigenvalue weighted by atomic mass is 10.0. The predicted molar refractivity (Wildman–Crippen MR) is 77.9 cm³/mol. The molecule has 1 aromatic carbocycles. The predicted octanol–water partition coefficient (Wildman–Crippen LogP) is 3.46. The smallest absolute Gasteiger partial charge is 0.322 e. The maximum absolute atomic E-state index is 11.8. The van der Waals surface area contributed by atoms with E-state index in [1.54, 1.807) is 0 Å². The molecule has 0 aliphatic rings. The standard InChI is InChI=1S/C16H25NO2/c1-4-6-12-15(16(18)19-3)17-14(5-2)13-10-8-7-9-11-13/h7-11,14-15,17H,4-6,12H2,1-3H3. The van der Waals surface area contributed by atoms with Crippen molar-refractivity contribution in [3.63, 3.8) is 0 Å². The van der Waals surface area contributed by atoms with Gasteiger partial charge in [-0.25, -0.2) is 0 Å². The maximum atomic E-state index is 11.8.